The molecular weight excluding hydrogens is 464 g/mol. The third-order valence-electron chi connectivity index (χ3n) is 7.01. The largest absolute Gasteiger partial charge is 0.423 e. The zero-order valence-electron chi connectivity index (χ0n) is 24.9. The normalized spacial score (nSPS) is 17.5. The molecule has 0 N–H and O–H groups in total. The minimum atomic E-state index is -0.370. The monoisotopic (exact) mass is 512 g/mol. The minimum absolute atomic E-state index is 0.245. The molecule has 0 unspecified atom stereocenters. The van der Waals surface area contributed by atoms with Crippen molar-refractivity contribution in [2.24, 2.45) is 11.3 Å². The molecule has 204 valence electrons. The molecule has 1 aliphatic carbocycles. The summed E-state index contributed by atoms with van der Waals surface area (Å²) in [5, 5.41) is 0. The molecule has 2 nitrogen and oxygen atoms in total. The van der Waals surface area contributed by atoms with Crippen molar-refractivity contribution in [2.45, 2.75) is 87.5 Å². The Bertz CT molecular complexity index is 1140. The number of esters is 1. The molecule has 1 aromatic carbocycles. The van der Waals surface area contributed by atoms with Crippen molar-refractivity contribution in [1.82, 2.24) is 0 Å². The van der Waals surface area contributed by atoms with Crippen LogP contribution in [-0.4, -0.2) is 5.97 Å². The van der Waals surface area contributed by atoms with Crippen LogP contribution in [0.4, 0.5) is 0 Å². The standard InChI is InChI=1S/C36H48O2/c1-27(2)12-9-13-28(3)17-19-32-20-22-33(23-21-32)38-35(37)26-30(5)15-10-14-29(4)18-24-34-31(6)16-11-25-36(34,7)8/h10,12,14-15,17-24,26,28H,9,11,13,16,25H2,1-8H3/b15-10+,19-17+,24-18+,29-14+,30-26+/t28-/m0/s1. The molecule has 0 saturated carbocycles. The van der Waals surface area contributed by atoms with Gasteiger partial charge in [0.05, 0.1) is 0 Å². The lowest BCUT2D eigenvalue weighted by atomic mass is 9.72. The molecule has 2 heteroatoms. The lowest BCUT2D eigenvalue weighted by molar-refractivity contribution is -0.129. The number of carbonyl (C=O) groups is 1. The Balaban J connectivity index is 1.88. The fraction of sp³-hybridized carbons (Fsp3) is 0.417. The van der Waals surface area contributed by atoms with Crippen LogP contribution in [0, 0.1) is 11.3 Å². The summed E-state index contributed by atoms with van der Waals surface area (Å²) < 4.78 is 5.49. The molecule has 38 heavy (non-hydrogen) atoms. The number of rotatable bonds is 11. The van der Waals surface area contributed by atoms with Gasteiger partial charge in [-0.1, -0.05) is 98.2 Å². The van der Waals surface area contributed by atoms with Crippen molar-refractivity contribution in [1.29, 1.82) is 0 Å². The molecule has 0 spiro atoms. The van der Waals surface area contributed by atoms with Gasteiger partial charge in [-0.05, 0) is 107 Å². The molecule has 0 amide bonds. The average molecular weight is 513 g/mol. The molecule has 2 rings (SSSR count). The van der Waals surface area contributed by atoms with E-state index in [2.05, 4.69) is 84.9 Å². The summed E-state index contributed by atoms with van der Waals surface area (Å²) in [6, 6.07) is 7.64. The Morgan fingerprint density at radius 2 is 1.74 bits per heavy atom. The summed E-state index contributed by atoms with van der Waals surface area (Å²) in [6.07, 6.45) is 24.6. The molecule has 0 aromatic heterocycles. The lowest BCUT2D eigenvalue weighted by Gasteiger charge is -2.32. The summed E-state index contributed by atoms with van der Waals surface area (Å²) in [5.74, 6) is 0.698. The summed E-state index contributed by atoms with van der Waals surface area (Å²) >= 11 is 0. The summed E-state index contributed by atoms with van der Waals surface area (Å²) in [6.45, 7) is 17.4. The molecule has 0 heterocycles. The highest BCUT2D eigenvalue weighted by molar-refractivity contribution is 5.85. The molecule has 0 saturated heterocycles. The molecular formula is C36H48O2. The van der Waals surface area contributed by atoms with Crippen molar-refractivity contribution in [3.05, 3.63) is 106 Å². The van der Waals surface area contributed by atoms with Crippen LogP contribution in [0.25, 0.3) is 6.08 Å². The first-order chi connectivity index (χ1) is 18.0. The number of hydrogen-bond donors (Lipinski definition) is 0. The second kappa shape index (κ2) is 15.3. The molecule has 0 bridgehead atoms. The minimum Gasteiger partial charge on any atom is -0.423 e. The van der Waals surface area contributed by atoms with Crippen molar-refractivity contribution in [3.63, 3.8) is 0 Å². The van der Waals surface area contributed by atoms with Crippen LogP contribution in [0.3, 0.4) is 0 Å². The number of carbonyl (C=O) groups excluding carboxylic acids is 1. The topological polar surface area (TPSA) is 26.3 Å². The smallest absolute Gasteiger partial charge is 0.336 e. The molecule has 1 atom stereocenters. The van der Waals surface area contributed by atoms with Crippen LogP contribution >= 0.6 is 0 Å². The quantitative estimate of drug-likeness (QED) is 0.0969. The van der Waals surface area contributed by atoms with E-state index in [1.165, 1.54) is 47.6 Å². The number of ether oxygens (including phenoxy) is 1. The van der Waals surface area contributed by atoms with Gasteiger partial charge in [0, 0.05) is 6.08 Å². The summed E-state index contributed by atoms with van der Waals surface area (Å²) in [5.41, 5.74) is 7.71. The fourth-order valence-corrected chi connectivity index (χ4v) is 4.67. The number of benzene rings is 1. The van der Waals surface area contributed by atoms with Crippen molar-refractivity contribution in [3.8, 4) is 5.75 Å². The van der Waals surface area contributed by atoms with E-state index in [1.807, 2.05) is 43.3 Å². The van der Waals surface area contributed by atoms with E-state index < -0.39 is 0 Å². The predicted octanol–water partition coefficient (Wildman–Crippen LogP) is 10.5. The maximum absolute atomic E-state index is 12.4. The zero-order chi connectivity index (χ0) is 28.1. The SMILES string of the molecule is CC(C)=CCC[C@H](C)/C=C/c1ccc(OC(=O)/C=C(C)/C=C/C=C(C)/C=C/C2=C(C)CCCC2(C)C)cc1. The van der Waals surface area contributed by atoms with Gasteiger partial charge in [-0.3, -0.25) is 0 Å². The Morgan fingerprint density at radius 1 is 1.03 bits per heavy atom. The Kier molecular flexibility index (Phi) is 12.5. The molecule has 0 fully saturated rings. The fourth-order valence-electron chi connectivity index (χ4n) is 4.67. The van der Waals surface area contributed by atoms with Crippen LogP contribution in [-0.2, 0) is 4.79 Å². The van der Waals surface area contributed by atoms with Gasteiger partial charge in [-0.25, -0.2) is 4.79 Å². The van der Waals surface area contributed by atoms with E-state index in [0.29, 0.717) is 11.7 Å². The highest BCUT2D eigenvalue weighted by Gasteiger charge is 2.26. The summed E-state index contributed by atoms with van der Waals surface area (Å²) in [4.78, 5) is 12.4. The van der Waals surface area contributed by atoms with Crippen LogP contribution in [0.15, 0.2) is 101 Å². The van der Waals surface area contributed by atoms with Crippen LogP contribution < -0.4 is 4.74 Å². The van der Waals surface area contributed by atoms with E-state index >= 15 is 0 Å². The van der Waals surface area contributed by atoms with Crippen LogP contribution in [0.5, 0.6) is 5.75 Å². The highest BCUT2D eigenvalue weighted by Crippen LogP contribution is 2.40. The average Bonchev–Trinajstić information content (AvgIpc) is 2.82. The maximum atomic E-state index is 12.4. The Morgan fingerprint density at radius 3 is 2.39 bits per heavy atom. The second-order valence-corrected chi connectivity index (χ2v) is 11.6. The highest BCUT2D eigenvalue weighted by atomic mass is 16.5. The van der Waals surface area contributed by atoms with Gasteiger partial charge in [-0.2, -0.15) is 0 Å². The number of allylic oxidation sites excluding steroid dienone is 12. The van der Waals surface area contributed by atoms with E-state index in [1.54, 1.807) is 0 Å². The second-order valence-electron chi connectivity index (χ2n) is 11.6. The van der Waals surface area contributed by atoms with Gasteiger partial charge in [0.25, 0.3) is 0 Å². The maximum Gasteiger partial charge on any atom is 0.336 e. The van der Waals surface area contributed by atoms with Gasteiger partial charge < -0.3 is 4.74 Å². The predicted molar refractivity (Wildman–Crippen MR) is 165 cm³/mol. The first-order valence-electron chi connectivity index (χ1n) is 14.0. The van der Waals surface area contributed by atoms with Crippen LogP contribution in [0.1, 0.15) is 93.1 Å². The van der Waals surface area contributed by atoms with Crippen molar-refractivity contribution in [2.75, 3.05) is 0 Å². The Labute approximate surface area is 232 Å². The van der Waals surface area contributed by atoms with Crippen LogP contribution in [0.2, 0.25) is 0 Å². The van der Waals surface area contributed by atoms with Gasteiger partial charge in [-0.15, -0.1) is 0 Å². The first kappa shape index (κ1) is 31.1. The third kappa shape index (κ3) is 11.5. The molecule has 0 radical (unpaired) electrons. The third-order valence-corrected chi connectivity index (χ3v) is 7.01. The lowest BCUT2D eigenvalue weighted by Crippen LogP contribution is -2.19. The Hall–Kier alpha value is -3.13. The van der Waals surface area contributed by atoms with Gasteiger partial charge in [0.1, 0.15) is 5.75 Å². The first-order valence-corrected chi connectivity index (χ1v) is 14.0. The van der Waals surface area contributed by atoms with Gasteiger partial charge in [0.15, 0.2) is 0 Å². The van der Waals surface area contributed by atoms with E-state index in [0.717, 1.165) is 24.0 Å². The van der Waals surface area contributed by atoms with E-state index in [9.17, 15) is 4.79 Å². The zero-order valence-corrected chi connectivity index (χ0v) is 24.9. The van der Waals surface area contributed by atoms with Gasteiger partial charge >= 0.3 is 5.97 Å². The van der Waals surface area contributed by atoms with E-state index in [4.69, 9.17) is 4.74 Å². The van der Waals surface area contributed by atoms with E-state index in [-0.39, 0.29) is 11.4 Å². The summed E-state index contributed by atoms with van der Waals surface area (Å²) in [7, 11) is 0. The molecule has 1 aromatic rings. The molecule has 0 aliphatic heterocycles. The van der Waals surface area contributed by atoms with Crippen molar-refractivity contribution < 1.29 is 9.53 Å². The van der Waals surface area contributed by atoms with Gasteiger partial charge in [0.2, 0.25) is 0 Å². The molecule has 1 aliphatic rings. The van der Waals surface area contributed by atoms with Crippen molar-refractivity contribution >= 4 is 12.0 Å². The number of hydrogen-bond acceptors (Lipinski definition) is 2.